The summed E-state index contributed by atoms with van der Waals surface area (Å²) in [5.41, 5.74) is 1.10. The van der Waals surface area contributed by atoms with Crippen molar-refractivity contribution >= 4 is 28.1 Å². The second-order valence-corrected chi connectivity index (χ2v) is 6.05. The van der Waals surface area contributed by atoms with Gasteiger partial charge in [-0.25, -0.2) is 0 Å². The Kier molecular flexibility index (Phi) is 4.91. The molecule has 0 aromatic carbocycles. The number of thiazole rings is 1. The van der Waals surface area contributed by atoms with Crippen LogP contribution in [0, 0.1) is 0 Å². The molecule has 0 saturated carbocycles. The van der Waals surface area contributed by atoms with Gasteiger partial charge >= 0.3 is 0 Å². The monoisotopic (exact) mass is 285 g/mol. The number of thioether (sulfide) groups is 1. The molecule has 2 aromatic heterocycles. The highest BCUT2D eigenvalue weighted by Crippen LogP contribution is 2.22. The maximum Gasteiger partial charge on any atom is 0.237 e. The first-order valence-corrected chi connectivity index (χ1v) is 8.24. The Hall–Kier alpha value is -0.720. The van der Waals surface area contributed by atoms with Gasteiger partial charge < -0.3 is 10.1 Å². The zero-order valence-electron chi connectivity index (χ0n) is 11.0. The van der Waals surface area contributed by atoms with Gasteiger partial charge in [0.25, 0.3) is 0 Å². The Morgan fingerprint density at radius 1 is 1.61 bits per heavy atom. The molecule has 18 heavy (non-hydrogen) atoms. The SMILES string of the molecule is COc1nc2sccn2c1CNC(C)CCSC. The number of imidazole rings is 1. The molecule has 0 aliphatic carbocycles. The lowest BCUT2D eigenvalue weighted by molar-refractivity contribution is 0.390. The van der Waals surface area contributed by atoms with Gasteiger partial charge in [-0.2, -0.15) is 16.7 Å². The molecule has 0 spiro atoms. The van der Waals surface area contributed by atoms with Gasteiger partial charge in [0, 0.05) is 24.2 Å². The third-order valence-corrected chi connectivity index (χ3v) is 4.29. The molecule has 0 fully saturated rings. The summed E-state index contributed by atoms with van der Waals surface area (Å²) in [6.07, 6.45) is 5.36. The second-order valence-electron chi connectivity index (χ2n) is 4.19. The Balaban J connectivity index is 2.03. The molecule has 2 aromatic rings. The predicted molar refractivity (Wildman–Crippen MR) is 78.9 cm³/mol. The van der Waals surface area contributed by atoms with Gasteiger partial charge in [0.2, 0.25) is 5.88 Å². The van der Waals surface area contributed by atoms with Gasteiger partial charge in [0.05, 0.1) is 7.11 Å². The lowest BCUT2D eigenvalue weighted by Gasteiger charge is -2.13. The fourth-order valence-corrected chi connectivity index (χ4v) is 3.12. The van der Waals surface area contributed by atoms with Crippen molar-refractivity contribution in [3.8, 4) is 5.88 Å². The van der Waals surface area contributed by atoms with Crippen LogP contribution in [0.5, 0.6) is 5.88 Å². The van der Waals surface area contributed by atoms with E-state index in [1.165, 1.54) is 12.2 Å². The van der Waals surface area contributed by atoms with E-state index in [4.69, 9.17) is 4.74 Å². The zero-order chi connectivity index (χ0) is 13.0. The molecule has 0 radical (unpaired) electrons. The highest BCUT2D eigenvalue weighted by atomic mass is 32.2. The summed E-state index contributed by atoms with van der Waals surface area (Å²) in [5.74, 6) is 1.91. The summed E-state index contributed by atoms with van der Waals surface area (Å²) in [7, 11) is 1.67. The number of fused-ring (bicyclic) bond motifs is 1. The minimum Gasteiger partial charge on any atom is -0.480 e. The number of rotatable bonds is 7. The Morgan fingerprint density at radius 3 is 3.17 bits per heavy atom. The van der Waals surface area contributed by atoms with Crippen molar-refractivity contribution in [1.29, 1.82) is 0 Å². The standard InChI is InChI=1S/C12H19N3OS2/c1-9(4-6-17-3)13-8-10-11(16-2)14-12-15(10)5-7-18-12/h5,7,9,13H,4,6,8H2,1-3H3. The highest BCUT2D eigenvalue weighted by Gasteiger charge is 2.14. The number of nitrogens with one attached hydrogen (secondary N) is 1. The van der Waals surface area contributed by atoms with Gasteiger partial charge in [0.15, 0.2) is 4.96 Å². The van der Waals surface area contributed by atoms with Crippen LogP contribution in [0.1, 0.15) is 19.0 Å². The molecule has 0 amide bonds. The molecule has 4 nitrogen and oxygen atoms in total. The molecule has 6 heteroatoms. The van der Waals surface area contributed by atoms with Crippen molar-refractivity contribution in [3.63, 3.8) is 0 Å². The largest absolute Gasteiger partial charge is 0.480 e. The minimum atomic E-state index is 0.506. The van der Waals surface area contributed by atoms with E-state index in [9.17, 15) is 0 Å². The number of methoxy groups -OCH3 is 1. The maximum absolute atomic E-state index is 5.33. The number of hydrogen-bond acceptors (Lipinski definition) is 5. The van der Waals surface area contributed by atoms with Crippen LogP contribution in [0.3, 0.4) is 0 Å². The van der Waals surface area contributed by atoms with E-state index in [0.29, 0.717) is 6.04 Å². The van der Waals surface area contributed by atoms with Gasteiger partial charge in [-0.1, -0.05) is 0 Å². The predicted octanol–water partition coefficient (Wildman–Crippen LogP) is 2.64. The van der Waals surface area contributed by atoms with Crippen LogP contribution in [0.2, 0.25) is 0 Å². The topological polar surface area (TPSA) is 38.6 Å². The molecule has 0 saturated heterocycles. The van der Waals surface area contributed by atoms with Gasteiger partial charge in [-0.05, 0) is 25.4 Å². The fourth-order valence-electron chi connectivity index (χ4n) is 1.80. The molecule has 1 N–H and O–H groups in total. The van der Waals surface area contributed by atoms with E-state index >= 15 is 0 Å². The molecule has 0 bridgehead atoms. The van der Waals surface area contributed by atoms with Crippen LogP contribution in [0.25, 0.3) is 4.96 Å². The third kappa shape index (κ3) is 2.99. The normalized spacial score (nSPS) is 13.1. The molecule has 2 heterocycles. The van der Waals surface area contributed by atoms with Crippen molar-refractivity contribution in [3.05, 3.63) is 17.3 Å². The van der Waals surface area contributed by atoms with Crippen LogP contribution in [-0.2, 0) is 6.54 Å². The van der Waals surface area contributed by atoms with Crippen molar-refractivity contribution in [2.45, 2.75) is 25.9 Å². The molecular formula is C12H19N3OS2. The average molecular weight is 285 g/mol. The van der Waals surface area contributed by atoms with Crippen LogP contribution >= 0.6 is 23.1 Å². The van der Waals surface area contributed by atoms with Crippen molar-refractivity contribution in [2.75, 3.05) is 19.1 Å². The quantitative estimate of drug-likeness (QED) is 0.849. The van der Waals surface area contributed by atoms with Crippen LogP contribution in [0.4, 0.5) is 0 Å². The minimum absolute atomic E-state index is 0.506. The van der Waals surface area contributed by atoms with E-state index in [0.717, 1.165) is 23.1 Å². The van der Waals surface area contributed by atoms with Crippen molar-refractivity contribution in [2.24, 2.45) is 0 Å². The summed E-state index contributed by atoms with van der Waals surface area (Å²) < 4.78 is 7.43. The average Bonchev–Trinajstić information content (AvgIpc) is 2.94. The van der Waals surface area contributed by atoms with Crippen LogP contribution < -0.4 is 10.1 Å². The van der Waals surface area contributed by atoms with E-state index in [-0.39, 0.29) is 0 Å². The fraction of sp³-hybridized carbons (Fsp3) is 0.583. The van der Waals surface area contributed by atoms with Gasteiger partial charge in [-0.3, -0.25) is 4.40 Å². The third-order valence-electron chi connectivity index (χ3n) is 2.89. The number of nitrogens with zero attached hydrogens (tertiary/aromatic N) is 2. The lowest BCUT2D eigenvalue weighted by Crippen LogP contribution is -2.26. The summed E-state index contributed by atoms with van der Waals surface area (Å²) in [5, 5.41) is 5.57. The van der Waals surface area contributed by atoms with Crippen LogP contribution in [0.15, 0.2) is 11.6 Å². The number of aromatic nitrogens is 2. The van der Waals surface area contributed by atoms with E-state index in [2.05, 4.69) is 27.9 Å². The van der Waals surface area contributed by atoms with Gasteiger partial charge in [0.1, 0.15) is 5.69 Å². The number of hydrogen-bond donors (Lipinski definition) is 1. The van der Waals surface area contributed by atoms with Gasteiger partial charge in [-0.15, -0.1) is 11.3 Å². The second kappa shape index (κ2) is 6.45. The van der Waals surface area contributed by atoms with E-state index in [1.807, 2.05) is 23.3 Å². The molecule has 100 valence electrons. The molecule has 2 rings (SSSR count). The Labute approximate surface area is 116 Å². The smallest absolute Gasteiger partial charge is 0.237 e. The maximum atomic E-state index is 5.33. The molecule has 0 aliphatic rings. The van der Waals surface area contributed by atoms with Crippen molar-refractivity contribution in [1.82, 2.24) is 14.7 Å². The Bertz CT molecular complexity index is 494. The zero-order valence-corrected chi connectivity index (χ0v) is 12.6. The summed E-state index contributed by atoms with van der Waals surface area (Å²) in [4.78, 5) is 5.43. The van der Waals surface area contributed by atoms with Crippen LogP contribution in [-0.4, -0.2) is 34.5 Å². The molecule has 1 atom stereocenters. The molecule has 1 unspecified atom stereocenters. The first-order chi connectivity index (χ1) is 8.76. The summed E-state index contributed by atoms with van der Waals surface area (Å²) in [6, 6.07) is 0.506. The Morgan fingerprint density at radius 2 is 2.44 bits per heavy atom. The highest BCUT2D eigenvalue weighted by molar-refractivity contribution is 7.98. The summed E-state index contributed by atoms with van der Waals surface area (Å²) >= 11 is 3.51. The first-order valence-electron chi connectivity index (χ1n) is 5.97. The summed E-state index contributed by atoms with van der Waals surface area (Å²) in [6.45, 7) is 3.01. The van der Waals surface area contributed by atoms with Crippen molar-refractivity contribution < 1.29 is 4.74 Å². The molecule has 0 aliphatic heterocycles. The number of ether oxygens (including phenoxy) is 1. The van der Waals surface area contributed by atoms with E-state index < -0.39 is 0 Å². The first kappa shape index (κ1) is 13.7. The lowest BCUT2D eigenvalue weighted by atomic mass is 10.2. The molecular weight excluding hydrogens is 266 g/mol. The van der Waals surface area contributed by atoms with E-state index in [1.54, 1.807) is 18.4 Å².